The van der Waals surface area contributed by atoms with Crippen LogP contribution in [0.15, 0.2) is 41.9 Å². The topological polar surface area (TPSA) is 168 Å². The molecule has 3 aliphatic heterocycles. The Morgan fingerprint density at radius 3 is 2.65 bits per heavy atom. The van der Waals surface area contributed by atoms with Gasteiger partial charge in [-0.3, -0.25) is 34.0 Å². The van der Waals surface area contributed by atoms with E-state index in [0.717, 1.165) is 70.4 Å². The van der Waals surface area contributed by atoms with Gasteiger partial charge in [0.15, 0.2) is 0 Å². The molecule has 15 nitrogen and oxygen atoms in total. The van der Waals surface area contributed by atoms with Crippen LogP contribution < -0.4 is 10.7 Å². The molecule has 68 heavy (non-hydrogen) atoms. The fourth-order valence-corrected chi connectivity index (χ4v) is 11.7. The molecule has 4 aromatic rings. The highest BCUT2D eigenvalue weighted by atomic mass is 32.1. The van der Waals surface area contributed by atoms with Gasteiger partial charge in [-0.2, -0.15) is 0 Å². The van der Waals surface area contributed by atoms with E-state index in [0.29, 0.717) is 43.9 Å². The third kappa shape index (κ3) is 9.93. The number of carbonyl (C=O) groups excluding carboxylic acids is 5. The molecule has 2 saturated heterocycles. The first-order valence-corrected chi connectivity index (χ1v) is 25.1. The summed E-state index contributed by atoms with van der Waals surface area (Å²) in [6.45, 7) is 13.7. The number of cyclic esters (lactones) is 1. The summed E-state index contributed by atoms with van der Waals surface area (Å²) in [5.41, 5.74) is 9.33. The van der Waals surface area contributed by atoms with Crippen LogP contribution in [0.4, 0.5) is 0 Å². The molecule has 0 unspecified atom stereocenters. The lowest BCUT2D eigenvalue weighted by molar-refractivity contribution is -0.155. The van der Waals surface area contributed by atoms with Crippen molar-refractivity contribution in [2.75, 3.05) is 40.4 Å². The summed E-state index contributed by atoms with van der Waals surface area (Å²) < 4.78 is 14.3. The number of aromatic nitrogens is 3. The Kier molecular flexibility index (Phi) is 14.7. The Bertz CT molecular complexity index is 2640. The van der Waals surface area contributed by atoms with Gasteiger partial charge in [0.05, 0.1) is 40.7 Å². The number of thiazole rings is 1. The van der Waals surface area contributed by atoms with E-state index in [1.54, 1.807) is 37.1 Å². The number of methoxy groups -OCH3 is 1. The number of hydrogen-bond donors (Lipinski definition) is 2. The number of amides is 4. The number of aryl methyl sites for hydroxylation is 1. The lowest BCUT2D eigenvalue weighted by Gasteiger charge is -2.37. The van der Waals surface area contributed by atoms with Gasteiger partial charge in [0, 0.05) is 88.6 Å². The normalized spacial score (nSPS) is 23.1. The Labute approximate surface area is 406 Å². The van der Waals surface area contributed by atoms with E-state index in [1.165, 1.54) is 16.3 Å². The van der Waals surface area contributed by atoms with E-state index in [9.17, 15) is 24.0 Å². The first kappa shape index (κ1) is 48.8. The zero-order chi connectivity index (χ0) is 48.4. The minimum atomic E-state index is -1.07. The number of hydrazine groups is 1. The number of benzene rings is 1. The molecule has 8 rings (SSSR count). The van der Waals surface area contributed by atoms with E-state index in [4.69, 9.17) is 19.4 Å². The van der Waals surface area contributed by atoms with Crippen LogP contribution in [-0.4, -0.2) is 117 Å². The zero-order valence-electron chi connectivity index (χ0n) is 40.7. The van der Waals surface area contributed by atoms with Crippen LogP contribution in [0.3, 0.4) is 0 Å². The average molecular weight is 951 g/mol. The largest absolute Gasteiger partial charge is 0.464 e. The minimum absolute atomic E-state index is 0. The van der Waals surface area contributed by atoms with Crippen molar-refractivity contribution in [3.05, 3.63) is 58.2 Å². The maximum absolute atomic E-state index is 14.9. The molecule has 2 N–H and O–H groups in total. The first-order valence-electron chi connectivity index (χ1n) is 24.2. The summed E-state index contributed by atoms with van der Waals surface area (Å²) in [5.74, 6) is 2.72. The molecule has 4 amide bonds. The number of pyridine rings is 1. The molecule has 6 bridgehead atoms. The smallest absolute Gasteiger partial charge is 0.324 e. The second kappa shape index (κ2) is 20.5. The maximum atomic E-state index is 14.9. The molecule has 1 aliphatic carbocycles. The molecule has 4 aliphatic rings. The van der Waals surface area contributed by atoms with Crippen molar-refractivity contribution in [3.8, 4) is 34.4 Å². The van der Waals surface area contributed by atoms with Crippen molar-refractivity contribution < 1.29 is 36.3 Å². The highest BCUT2D eigenvalue weighted by Gasteiger charge is 2.44. The van der Waals surface area contributed by atoms with Gasteiger partial charge in [-0.15, -0.1) is 11.3 Å². The van der Waals surface area contributed by atoms with Gasteiger partial charge >= 0.3 is 5.97 Å². The molecular weight excluding hydrogens is 881 g/mol. The number of fused-ring (bicyclic) bond motifs is 6. The quantitative estimate of drug-likeness (QED) is 0.134. The predicted molar refractivity (Wildman–Crippen MR) is 265 cm³/mol. The lowest BCUT2D eigenvalue weighted by Crippen LogP contribution is -2.62. The summed E-state index contributed by atoms with van der Waals surface area (Å²) >= 11 is 1.42. The molecular formula is C52H70N8O7S. The van der Waals surface area contributed by atoms with E-state index in [-0.39, 0.29) is 52.2 Å². The molecule has 3 aromatic heterocycles. The number of likely N-dealkylation sites (tertiary alicyclic amines) is 1. The van der Waals surface area contributed by atoms with Gasteiger partial charge < -0.3 is 29.2 Å². The number of esters is 1. The zero-order valence-corrected chi connectivity index (χ0v) is 41.5. The highest BCUT2D eigenvalue weighted by molar-refractivity contribution is 7.10. The standard InChI is InChI=1S/C52H66N8O7S.2H2/c1-9-15-44(61)58-27-31(3)38(28-58)49(63)57(7)46(33-16-11-12-17-33)48(62)55-40-25-43-54-41(29-68-43)34-20-21-42-36(24-34)37(47(59(42)10-2)35-18-13-22-53-45(35)32(4)66-8)26-52(5,6)30-67-51(65)39-19-14-23-60(56-39)50(40)64;;/h13,18,20-22,24,29,31-33,38-40,46,56H,10-12,14,16-17,19,23,25-28,30H2,1-8H3,(H,55,62);2*1H/t31-,32-,38+,39-,40-,46-;;/m0../s1. The molecule has 3 fully saturated rings. The fraction of sp³-hybridized carbons (Fsp3) is 0.558. The Morgan fingerprint density at radius 1 is 1.13 bits per heavy atom. The van der Waals surface area contributed by atoms with Crippen LogP contribution >= 0.6 is 11.3 Å². The molecule has 0 spiro atoms. The fourth-order valence-electron chi connectivity index (χ4n) is 10.8. The first-order chi connectivity index (χ1) is 32.6. The third-order valence-corrected chi connectivity index (χ3v) is 15.4. The number of ether oxygens (including phenoxy) is 2. The molecule has 6 heterocycles. The van der Waals surface area contributed by atoms with Crippen molar-refractivity contribution in [1.82, 2.24) is 40.1 Å². The van der Waals surface area contributed by atoms with Crippen molar-refractivity contribution in [1.29, 1.82) is 0 Å². The number of carbonyl (C=O) groups is 5. The van der Waals surface area contributed by atoms with E-state index >= 15 is 0 Å². The summed E-state index contributed by atoms with van der Waals surface area (Å²) in [7, 11) is 3.36. The van der Waals surface area contributed by atoms with Gasteiger partial charge in [0.25, 0.3) is 11.8 Å². The second-order valence-electron chi connectivity index (χ2n) is 19.9. The molecule has 366 valence electrons. The van der Waals surface area contributed by atoms with Gasteiger partial charge in [-0.1, -0.05) is 45.6 Å². The monoisotopic (exact) mass is 951 g/mol. The Morgan fingerprint density at radius 2 is 1.91 bits per heavy atom. The van der Waals surface area contributed by atoms with Gasteiger partial charge in [0.1, 0.15) is 18.1 Å². The van der Waals surface area contributed by atoms with Gasteiger partial charge in [-0.25, -0.2) is 10.4 Å². The second-order valence-corrected chi connectivity index (χ2v) is 20.8. The molecule has 16 heteroatoms. The van der Waals surface area contributed by atoms with Crippen LogP contribution in [0.25, 0.3) is 33.4 Å². The molecule has 1 aromatic carbocycles. The van der Waals surface area contributed by atoms with Crippen molar-refractivity contribution in [2.45, 2.75) is 124 Å². The van der Waals surface area contributed by atoms with E-state index < -0.39 is 47.2 Å². The predicted octanol–water partition coefficient (Wildman–Crippen LogP) is 6.83. The Balaban J connectivity index is 0.00000402. The number of likely N-dealkylation sites (N-methyl/N-ethyl adjacent to an activating group) is 1. The summed E-state index contributed by atoms with van der Waals surface area (Å²) in [6, 6.07) is 7.75. The van der Waals surface area contributed by atoms with Gasteiger partial charge in [0.2, 0.25) is 11.8 Å². The van der Waals surface area contributed by atoms with Crippen LogP contribution in [0, 0.1) is 35.0 Å². The van der Waals surface area contributed by atoms with E-state index in [1.807, 2.05) is 25.3 Å². The molecule has 6 atom stereocenters. The van der Waals surface area contributed by atoms with Crippen molar-refractivity contribution in [2.24, 2.45) is 23.2 Å². The lowest BCUT2D eigenvalue weighted by atomic mass is 9.84. The summed E-state index contributed by atoms with van der Waals surface area (Å²) in [6.07, 6.45) is 6.61. The van der Waals surface area contributed by atoms with E-state index in [2.05, 4.69) is 72.2 Å². The number of nitrogens with zero attached hydrogens (tertiary/aromatic N) is 6. The van der Waals surface area contributed by atoms with Crippen LogP contribution in [-0.2, 0) is 52.8 Å². The maximum Gasteiger partial charge on any atom is 0.324 e. The minimum Gasteiger partial charge on any atom is -0.464 e. The Hall–Kier alpha value is -5.63. The van der Waals surface area contributed by atoms with Gasteiger partial charge in [-0.05, 0) is 100 Å². The summed E-state index contributed by atoms with van der Waals surface area (Å²) in [4.78, 5) is 83.8. The van der Waals surface area contributed by atoms with Crippen molar-refractivity contribution in [3.63, 3.8) is 0 Å². The van der Waals surface area contributed by atoms with Crippen LogP contribution in [0.2, 0.25) is 0 Å². The van der Waals surface area contributed by atoms with Crippen LogP contribution in [0.1, 0.15) is 105 Å². The third-order valence-electron chi connectivity index (χ3n) is 14.5. The summed E-state index contributed by atoms with van der Waals surface area (Å²) in [5, 5.41) is 8.26. The molecule has 1 saturated carbocycles. The number of rotatable bonds is 9. The van der Waals surface area contributed by atoms with Crippen molar-refractivity contribution >= 4 is 51.8 Å². The average Bonchev–Trinajstić information content (AvgIpc) is 4.17. The highest BCUT2D eigenvalue weighted by Crippen LogP contribution is 2.42. The molecule has 0 radical (unpaired) electrons. The SMILES string of the molecule is CC#CC(=O)N1C[C@H](C)[C@H](C(=O)N(C)[C@H](C(=O)N[C@H]2Cc3nc(cs3)-c3ccc4c(c3)c(c(-c3cccnc3[C@H](C)OC)n4CC)CC(C)(C)COC(=O)[C@@H]3CCCN(N3)C2=O)C2CCCC2)C1.[HH].[HH]. The number of hydrogen-bond acceptors (Lipinski definition) is 11. The number of nitrogens with one attached hydrogen (secondary N) is 2. The van der Waals surface area contributed by atoms with Crippen LogP contribution in [0.5, 0.6) is 0 Å².